The molecular formula is C16H23N3O2. The molecule has 5 heteroatoms. The smallest absolute Gasteiger partial charge is 0.317 e. The minimum atomic E-state index is -0.133. The number of morpholine rings is 1. The standard InChI is InChI=1S/C16H23N3O2/c1-13-3-2-4-14(9-13)5-6-18-15(20)19-7-8-21-16(12-19)10-17-11-16/h2-4,9,17H,5-8,10-12H2,1H3,(H,18,20). The molecule has 0 radical (unpaired) electrons. The summed E-state index contributed by atoms with van der Waals surface area (Å²) in [5.41, 5.74) is 2.38. The van der Waals surface area contributed by atoms with Gasteiger partial charge in [0.15, 0.2) is 0 Å². The number of aryl methyl sites for hydroxylation is 1. The van der Waals surface area contributed by atoms with E-state index in [4.69, 9.17) is 4.74 Å². The monoisotopic (exact) mass is 289 g/mol. The van der Waals surface area contributed by atoms with E-state index in [1.165, 1.54) is 11.1 Å². The molecular weight excluding hydrogens is 266 g/mol. The zero-order valence-corrected chi connectivity index (χ0v) is 12.5. The first-order chi connectivity index (χ1) is 10.2. The molecule has 0 bridgehead atoms. The van der Waals surface area contributed by atoms with Gasteiger partial charge in [-0.3, -0.25) is 0 Å². The number of hydrogen-bond donors (Lipinski definition) is 2. The van der Waals surface area contributed by atoms with Gasteiger partial charge in [-0.1, -0.05) is 29.8 Å². The zero-order chi connectivity index (χ0) is 14.7. The molecule has 2 N–H and O–H groups in total. The number of nitrogens with zero attached hydrogens (tertiary/aromatic N) is 1. The highest BCUT2D eigenvalue weighted by atomic mass is 16.5. The fourth-order valence-electron chi connectivity index (χ4n) is 2.93. The fourth-order valence-corrected chi connectivity index (χ4v) is 2.93. The second kappa shape index (κ2) is 6.03. The van der Waals surface area contributed by atoms with Crippen LogP contribution in [0.25, 0.3) is 0 Å². The Morgan fingerprint density at radius 3 is 3.05 bits per heavy atom. The molecule has 114 valence electrons. The summed E-state index contributed by atoms with van der Waals surface area (Å²) in [6.07, 6.45) is 0.866. The molecule has 0 aliphatic carbocycles. The van der Waals surface area contributed by atoms with Crippen molar-refractivity contribution in [1.82, 2.24) is 15.5 Å². The number of amides is 2. The average molecular weight is 289 g/mol. The van der Waals surface area contributed by atoms with Crippen molar-refractivity contribution in [3.8, 4) is 0 Å². The van der Waals surface area contributed by atoms with Crippen LogP contribution in [0.3, 0.4) is 0 Å². The third-order valence-corrected chi connectivity index (χ3v) is 4.20. The van der Waals surface area contributed by atoms with Gasteiger partial charge in [0.2, 0.25) is 0 Å². The molecule has 1 aromatic carbocycles. The predicted octanol–water partition coefficient (Wildman–Crippen LogP) is 0.921. The van der Waals surface area contributed by atoms with Crippen LogP contribution in [0.15, 0.2) is 24.3 Å². The van der Waals surface area contributed by atoms with Crippen molar-refractivity contribution in [1.29, 1.82) is 0 Å². The van der Waals surface area contributed by atoms with E-state index in [1.54, 1.807) is 0 Å². The van der Waals surface area contributed by atoms with Gasteiger partial charge in [-0.15, -0.1) is 0 Å². The molecule has 2 amide bonds. The Morgan fingerprint density at radius 1 is 1.48 bits per heavy atom. The topological polar surface area (TPSA) is 53.6 Å². The third-order valence-electron chi connectivity index (χ3n) is 4.20. The normalized spacial score (nSPS) is 20.1. The summed E-state index contributed by atoms with van der Waals surface area (Å²) in [6, 6.07) is 8.43. The maximum Gasteiger partial charge on any atom is 0.317 e. The lowest BCUT2D eigenvalue weighted by Gasteiger charge is -2.48. The summed E-state index contributed by atoms with van der Waals surface area (Å²) in [7, 11) is 0. The highest BCUT2D eigenvalue weighted by Crippen LogP contribution is 2.22. The van der Waals surface area contributed by atoms with E-state index >= 15 is 0 Å². The quantitative estimate of drug-likeness (QED) is 0.870. The SMILES string of the molecule is Cc1cccc(CCNC(=O)N2CCOC3(CNC3)C2)c1. The van der Waals surface area contributed by atoms with Gasteiger partial charge in [-0.25, -0.2) is 4.79 Å². The third kappa shape index (κ3) is 3.36. The van der Waals surface area contributed by atoms with E-state index in [1.807, 2.05) is 4.90 Å². The van der Waals surface area contributed by atoms with Gasteiger partial charge >= 0.3 is 6.03 Å². The van der Waals surface area contributed by atoms with Crippen LogP contribution in [0, 0.1) is 6.92 Å². The van der Waals surface area contributed by atoms with Crippen molar-refractivity contribution in [2.75, 3.05) is 39.3 Å². The van der Waals surface area contributed by atoms with Crippen molar-refractivity contribution in [2.24, 2.45) is 0 Å². The van der Waals surface area contributed by atoms with E-state index < -0.39 is 0 Å². The first kappa shape index (κ1) is 14.4. The Morgan fingerprint density at radius 2 is 2.33 bits per heavy atom. The molecule has 2 aliphatic heterocycles. The molecule has 2 aliphatic rings. The Hall–Kier alpha value is -1.59. The van der Waals surface area contributed by atoms with Gasteiger partial charge < -0.3 is 20.3 Å². The van der Waals surface area contributed by atoms with Gasteiger partial charge in [-0.05, 0) is 18.9 Å². The van der Waals surface area contributed by atoms with E-state index in [9.17, 15) is 4.79 Å². The first-order valence-corrected chi connectivity index (χ1v) is 7.60. The van der Waals surface area contributed by atoms with Gasteiger partial charge in [0, 0.05) is 26.2 Å². The molecule has 1 aromatic rings. The number of carbonyl (C=O) groups excluding carboxylic acids is 1. The van der Waals surface area contributed by atoms with Crippen LogP contribution in [0.2, 0.25) is 0 Å². The van der Waals surface area contributed by atoms with Crippen LogP contribution in [-0.4, -0.2) is 55.9 Å². The van der Waals surface area contributed by atoms with Gasteiger partial charge in [-0.2, -0.15) is 0 Å². The molecule has 2 fully saturated rings. The Labute approximate surface area is 125 Å². The number of nitrogens with one attached hydrogen (secondary N) is 2. The molecule has 3 rings (SSSR count). The Balaban J connectivity index is 1.45. The molecule has 5 nitrogen and oxygen atoms in total. The van der Waals surface area contributed by atoms with Crippen LogP contribution in [0.1, 0.15) is 11.1 Å². The molecule has 2 saturated heterocycles. The van der Waals surface area contributed by atoms with Crippen molar-refractivity contribution < 1.29 is 9.53 Å². The van der Waals surface area contributed by atoms with Gasteiger partial charge in [0.1, 0.15) is 5.60 Å². The average Bonchev–Trinajstić information content (AvgIpc) is 2.46. The summed E-state index contributed by atoms with van der Waals surface area (Å²) in [5.74, 6) is 0. The predicted molar refractivity (Wildman–Crippen MR) is 81.4 cm³/mol. The Kier molecular flexibility index (Phi) is 4.12. The lowest BCUT2D eigenvalue weighted by Crippen LogP contribution is -2.70. The fraction of sp³-hybridized carbons (Fsp3) is 0.562. The highest BCUT2D eigenvalue weighted by molar-refractivity contribution is 5.74. The minimum Gasteiger partial charge on any atom is -0.369 e. The summed E-state index contributed by atoms with van der Waals surface area (Å²) in [4.78, 5) is 14.1. The summed E-state index contributed by atoms with van der Waals surface area (Å²) in [6.45, 7) is 6.45. The van der Waals surface area contributed by atoms with Crippen molar-refractivity contribution in [3.63, 3.8) is 0 Å². The number of rotatable bonds is 3. The minimum absolute atomic E-state index is 0.0252. The molecule has 0 atom stereocenters. The number of benzene rings is 1. The van der Waals surface area contributed by atoms with E-state index in [2.05, 4.69) is 41.8 Å². The number of ether oxygens (including phenoxy) is 1. The molecule has 1 spiro atoms. The van der Waals surface area contributed by atoms with Crippen LogP contribution in [0.5, 0.6) is 0 Å². The van der Waals surface area contributed by atoms with Gasteiger partial charge in [0.05, 0.1) is 13.2 Å². The van der Waals surface area contributed by atoms with Crippen molar-refractivity contribution in [3.05, 3.63) is 35.4 Å². The lowest BCUT2D eigenvalue weighted by atomic mass is 9.95. The van der Waals surface area contributed by atoms with Crippen molar-refractivity contribution in [2.45, 2.75) is 18.9 Å². The van der Waals surface area contributed by atoms with Crippen LogP contribution >= 0.6 is 0 Å². The highest BCUT2D eigenvalue weighted by Gasteiger charge is 2.43. The van der Waals surface area contributed by atoms with Gasteiger partial charge in [0.25, 0.3) is 0 Å². The number of carbonyl (C=O) groups is 1. The summed E-state index contributed by atoms with van der Waals surface area (Å²) >= 11 is 0. The second-order valence-electron chi connectivity index (χ2n) is 6.03. The summed E-state index contributed by atoms with van der Waals surface area (Å²) in [5, 5.41) is 6.24. The maximum absolute atomic E-state index is 12.2. The van der Waals surface area contributed by atoms with Crippen LogP contribution in [0.4, 0.5) is 4.79 Å². The zero-order valence-electron chi connectivity index (χ0n) is 12.5. The van der Waals surface area contributed by atoms with Crippen LogP contribution < -0.4 is 10.6 Å². The van der Waals surface area contributed by atoms with E-state index in [-0.39, 0.29) is 11.6 Å². The molecule has 0 unspecified atom stereocenters. The van der Waals surface area contributed by atoms with Crippen LogP contribution in [-0.2, 0) is 11.2 Å². The number of hydrogen-bond acceptors (Lipinski definition) is 3. The number of urea groups is 1. The van der Waals surface area contributed by atoms with Crippen molar-refractivity contribution >= 4 is 6.03 Å². The maximum atomic E-state index is 12.2. The second-order valence-corrected chi connectivity index (χ2v) is 6.03. The molecule has 0 saturated carbocycles. The largest absolute Gasteiger partial charge is 0.369 e. The van der Waals surface area contributed by atoms with E-state index in [0.29, 0.717) is 26.2 Å². The Bertz CT molecular complexity index is 514. The molecule has 21 heavy (non-hydrogen) atoms. The summed E-state index contributed by atoms with van der Waals surface area (Å²) < 4.78 is 5.78. The van der Waals surface area contributed by atoms with E-state index in [0.717, 1.165) is 19.5 Å². The first-order valence-electron chi connectivity index (χ1n) is 7.60. The lowest BCUT2D eigenvalue weighted by molar-refractivity contribution is -0.125. The molecule has 2 heterocycles. The molecule has 0 aromatic heterocycles.